The summed E-state index contributed by atoms with van der Waals surface area (Å²) >= 11 is 0. The molecule has 0 bridgehead atoms. The van der Waals surface area contributed by atoms with Crippen molar-refractivity contribution in [1.82, 2.24) is 0 Å². The number of ether oxygens (including phenoxy) is 3. The van der Waals surface area contributed by atoms with E-state index >= 15 is 0 Å². The third-order valence-corrected chi connectivity index (χ3v) is 16.6. The minimum Gasteiger partial charge on any atom is -0.462 e. The van der Waals surface area contributed by atoms with Crippen LogP contribution in [-0.2, 0) is 28.6 Å². The Kier molecular flexibility index (Phi) is 68.6. The van der Waals surface area contributed by atoms with Gasteiger partial charge in [0.25, 0.3) is 0 Å². The molecule has 0 aromatic rings. The molecule has 1 atom stereocenters. The van der Waals surface area contributed by atoms with Gasteiger partial charge in [-0.25, -0.2) is 0 Å². The fourth-order valence-corrected chi connectivity index (χ4v) is 11.1. The van der Waals surface area contributed by atoms with Crippen LogP contribution in [0.15, 0.2) is 48.6 Å². The Hall–Kier alpha value is -2.63. The standard InChI is InChI=1S/C76H140O6/c1-4-7-10-13-16-19-22-25-28-31-33-35-37-38-39-41-42-45-48-51-54-57-60-63-66-69-75(78)81-72-73(71-80-74(77)68-65-62-59-56-53-50-47-44-30-27-24-21-18-15-12-9-6-3)82-76(79)70-67-64-61-58-55-52-49-46-43-40-36-34-32-29-26-23-20-17-14-11-8-5-2/h9,12,18,21,27,30,47,50,73H,4-8,10-11,13-17,19-20,22-26,28-29,31-46,48-49,51-72H2,1-3H3/b12-9-,21-18-,30-27-,50-47-. The summed E-state index contributed by atoms with van der Waals surface area (Å²) in [5.74, 6) is -0.869. The summed E-state index contributed by atoms with van der Waals surface area (Å²) in [6, 6.07) is 0. The Morgan fingerprint density at radius 2 is 0.476 bits per heavy atom. The molecule has 0 N–H and O–H groups in total. The number of carbonyl (C=O) groups excluding carboxylic acids is 3. The molecule has 0 aromatic carbocycles. The molecule has 82 heavy (non-hydrogen) atoms. The van der Waals surface area contributed by atoms with E-state index in [1.807, 2.05) is 0 Å². The Morgan fingerprint density at radius 1 is 0.256 bits per heavy atom. The quantitative estimate of drug-likeness (QED) is 0.0261. The molecule has 480 valence electrons. The zero-order valence-electron chi connectivity index (χ0n) is 55.3. The van der Waals surface area contributed by atoms with Crippen LogP contribution in [-0.4, -0.2) is 37.2 Å². The van der Waals surface area contributed by atoms with Gasteiger partial charge in [-0.1, -0.05) is 371 Å². The van der Waals surface area contributed by atoms with Crippen molar-refractivity contribution in [1.29, 1.82) is 0 Å². The van der Waals surface area contributed by atoms with Gasteiger partial charge in [0.15, 0.2) is 6.10 Å². The van der Waals surface area contributed by atoms with E-state index in [2.05, 4.69) is 69.4 Å². The van der Waals surface area contributed by atoms with Crippen molar-refractivity contribution >= 4 is 17.9 Å². The lowest BCUT2D eigenvalue weighted by Crippen LogP contribution is -2.30. The summed E-state index contributed by atoms with van der Waals surface area (Å²) in [4.78, 5) is 38.5. The maximum absolute atomic E-state index is 13.0. The van der Waals surface area contributed by atoms with Crippen LogP contribution in [0.3, 0.4) is 0 Å². The van der Waals surface area contributed by atoms with Crippen LogP contribution in [0.1, 0.15) is 400 Å². The molecule has 0 amide bonds. The summed E-state index contributed by atoms with van der Waals surface area (Å²) in [6.07, 6.45) is 90.1. The third kappa shape index (κ3) is 68.2. The van der Waals surface area contributed by atoms with Gasteiger partial charge in [0, 0.05) is 19.3 Å². The van der Waals surface area contributed by atoms with E-state index < -0.39 is 6.10 Å². The van der Waals surface area contributed by atoms with Crippen molar-refractivity contribution in [3.05, 3.63) is 48.6 Å². The van der Waals surface area contributed by atoms with Gasteiger partial charge < -0.3 is 14.2 Å². The third-order valence-electron chi connectivity index (χ3n) is 16.6. The fourth-order valence-electron chi connectivity index (χ4n) is 11.1. The van der Waals surface area contributed by atoms with Crippen LogP contribution in [0.25, 0.3) is 0 Å². The average molecular weight is 1150 g/mol. The number of rotatable bonds is 68. The zero-order chi connectivity index (χ0) is 59.2. The lowest BCUT2D eigenvalue weighted by atomic mass is 10.0. The maximum Gasteiger partial charge on any atom is 0.306 e. The van der Waals surface area contributed by atoms with E-state index in [9.17, 15) is 14.4 Å². The zero-order valence-corrected chi connectivity index (χ0v) is 55.3. The highest BCUT2D eigenvalue weighted by Gasteiger charge is 2.19. The van der Waals surface area contributed by atoms with Gasteiger partial charge in [0.1, 0.15) is 13.2 Å². The second kappa shape index (κ2) is 70.9. The first-order valence-electron chi connectivity index (χ1n) is 36.6. The minimum atomic E-state index is -0.782. The Labute approximate surface area is 511 Å². The maximum atomic E-state index is 13.0. The number of carbonyl (C=O) groups is 3. The fraction of sp³-hybridized carbons (Fsp3) is 0.855. The molecule has 0 rings (SSSR count). The van der Waals surface area contributed by atoms with Crippen molar-refractivity contribution in [3.63, 3.8) is 0 Å². The summed E-state index contributed by atoms with van der Waals surface area (Å²) in [7, 11) is 0. The van der Waals surface area contributed by atoms with Gasteiger partial charge in [-0.05, 0) is 57.8 Å². The number of hydrogen-bond acceptors (Lipinski definition) is 6. The van der Waals surface area contributed by atoms with Crippen molar-refractivity contribution < 1.29 is 28.6 Å². The normalized spacial score (nSPS) is 12.3. The molecule has 0 aliphatic heterocycles. The Balaban J connectivity index is 4.29. The largest absolute Gasteiger partial charge is 0.462 e. The molecule has 1 unspecified atom stereocenters. The van der Waals surface area contributed by atoms with Crippen LogP contribution >= 0.6 is 0 Å². The first kappa shape index (κ1) is 79.4. The molecule has 0 radical (unpaired) electrons. The molecule has 6 heteroatoms. The number of esters is 3. The van der Waals surface area contributed by atoms with Crippen LogP contribution < -0.4 is 0 Å². The second-order valence-corrected chi connectivity index (χ2v) is 24.8. The molecule has 0 spiro atoms. The van der Waals surface area contributed by atoms with Gasteiger partial charge in [-0.15, -0.1) is 0 Å². The van der Waals surface area contributed by atoms with E-state index in [4.69, 9.17) is 14.2 Å². The molecule has 0 aliphatic carbocycles. The van der Waals surface area contributed by atoms with E-state index in [0.717, 1.165) is 96.3 Å². The highest BCUT2D eigenvalue weighted by atomic mass is 16.6. The van der Waals surface area contributed by atoms with Crippen molar-refractivity contribution in [2.24, 2.45) is 0 Å². The van der Waals surface area contributed by atoms with E-state index in [-0.39, 0.29) is 31.1 Å². The van der Waals surface area contributed by atoms with Gasteiger partial charge in [-0.2, -0.15) is 0 Å². The molecule has 0 saturated carbocycles. The molecular formula is C76H140O6. The molecule has 6 nitrogen and oxygen atoms in total. The highest BCUT2D eigenvalue weighted by molar-refractivity contribution is 5.71. The van der Waals surface area contributed by atoms with Crippen LogP contribution in [0.5, 0.6) is 0 Å². The summed E-state index contributed by atoms with van der Waals surface area (Å²) in [5.41, 5.74) is 0. The predicted molar refractivity (Wildman–Crippen MR) is 358 cm³/mol. The molecule has 0 heterocycles. The van der Waals surface area contributed by atoms with Gasteiger partial charge >= 0.3 is 17.9 Å². The number of hydrogen-bond donors (Lipinski definition) is 0. The summed E-state index contributed by atoms with van der Waals surface area (Å²) in [5, 5.41) is 0. The topological polar surface area (TPSA) is 78.9 Å². The van der Waals surface area contributed by atoms with E-state index in [0.29, 0.717) is 19.3 Å². The molecule has 0 aromatic heterocycles. The van der Waals surface area contributed by atoms with Crippen molar-refractivity contribution in [2.45, 2.75) is 406 Å². The van der Waals surface area contributed by atoms with Gasteiger partial charge in [-0.3, -0.25) is 14.4 Å². The lowest BCUT2D eigenvalue weighted by molar-refractivity contribution is -0.167. The summed E-state index contributed by atoms with van der Waals surface area (Å²) < 4.78 is 17.0. The second-order valence-electron chi connectivity index (χ2n) is 24.8. The summed E-state index contributed by atoms with van der Waals surface area (Å²) in [6.45, 7) is 6.59. The smallest absolute Gasteiger partial charge is 0.306 e. The van der Waals surface area contributed by atoms with Gasteiger partial charge in [0.2, 0.25) is 0 Å². The molecular weight excluding hydrogens is 1010 g/mol. The number of allylic oxidation sites excluding steroid dienone is 8. The molecule has 0 saturated heterocycles. The van der Waals surface area contributed by atoms with E-state index in [1.54, 1.807) is 0 Å². The van der Waals surface area contributed by atoms with Crippen LogP contribution in [0.2, 0.25) is 0 Å². The Bertz CT molecular complexity index is 1410. The minimum absolute atomic E-state index is 0.0754. The highest BCUT2D eigenvalue weighted by Crippen LogP contribution is 2.19. The first-order valence-corrected chi connectivity index (χ1v) is 36.6. The van der Waals surface area contributed by atoms with Crippen molar-refractivity contribution in [2.75, 3.05) is 13.2 Å². The lowest BCUT2D eigenvalue weighted by Gasteiger charge is -2.18. The van der Waals surface area contributed by atoms with E-state index in [1.165, 1.54) is 263 Å². The van der Waals surface area contributed by atoms with Crippen LogP contribution in [0.4, 0.5) is 0 Å². The number of unbranched alkanes of at least 4 members (excludes halogenated alkanes) is 49. The predicted octanol–water partition coefficient (Wildman–Crippen LogP) is 25.3. The first-order chi connectivity index (χ1) is 40.5. The monoisotopic (exact) mass is 1150 g/mol. The van der Waals surface area contributed by atoms with Crippen molar-refractivity contribution in [3.8, 4) is 0 Å². The average Bonchev–Trinajstić information content (AvgIpc) is 3.47. The molecule has 0 aliphatic rings. The van der Waals surface area contributed by atoms with Crippen LogP contribution in [0, 0.1) is 0 Å². The molecule has 0 fully saturated rings. The SMILES string of the molecule is CC/C=C\C/C=C\C/C=C\C/C=C\CCCCCCC(=O)OCC(COC(=O)CCCCCCCCCCCCCCCCCCCCCCCCCCC)OC(=O)CCCCCCCCCCCCCCCCCCCCCCCC. The Morgan fingerprint density at radius 3 is 0.744 bits per heavy atom. The van der Waals surface area contributed by atoms with Gasteiger partial charge in [0.05, 0.1) is 0 Å².